The molecular formula is C14H25N3O2. The SMILES string of the molecule is CCc1nocc1CN(C)C(=O)NCCCC(C)C. The van der Waals surface area contributed by atoms with Gasteiger partial charge in [0.1, 0.15) is 6.26 Å². The number of hydrogen-bond acceptors (Lipinski definition) is 3. The van der Waals surface area contributed by atoms with E-state index in [0.29, 0.717) is 12.5 Å². The maximum atomic E-state index is 11.9. The molecule has 1 rings (SSSR count). The molecular weight excluding hydrogens is 242 g/mol. The van der Waals surface area contributed by atoms with E-state index in [4.69, 9.17) is 4.52 Å². The van der Waals surface area contributed by atoms with Gasteiger partial charge >= 0.3 is 6.03 Å². The molecule has 0 aromatic carbocycles. The second kappa shape index (κ2) is 7.81. The molecule has 1 N–H and O–H groups in total. The Kier molecular flexibility index (Phi) is 6.39. The lowest BCUT2D eigenvalue weighted by molar-refractivity contribution is 0.206. The maximum absolute atomic E-state index is 11.9. The van der Waals surface area contributed by atoms with E-state index in [-0.39, 0.29) is 6.03 Å². The minimum absolute atomic E-state index is 0.0491. The maximum Gasteiger partial charge on any atom is 0.317 e. The van der Waals surface area contributed by atoms with Crippen LogP contribution in [0.5, 0.6) is 0 Å². The number of urea groups is 1. The highest BCUT2D eigenvalue weighted by Gasteiger charge is 2.12. The number of hydrogen-bond donors (Lipinski definition) is 1. The molecule has 0 spiro atoms. The van der Waals surface area contributed by atoms with Crippen LogP contribution in [0.15, 0.2) is 10.8 Å². The molecule has 0 bridgehead atoms. The van der Waals surface area contributed by atoms with E-state index in [1.165, 1.54) is 0 Å². The summed E-state index contributed by atoms with van der Waals surface area (Å²) in [5, 5.41) is 6.83. The van der Waals surface area contributed by atoms with E-state index < -0.39 is 0 Å². The van der Waals surface area contributed by atoms with E-state index >= 15 is 0 Å². The van der Waals surface area contributed by atoms with Crippen LogP contribution < -0.4 is 5.32 Å². The van der Waals surface area contributed by atoms with Gasteiger partial charge in [0.05, 0.1) is 12.2 Å². The lowest BCUT2D eigenvalue weighted by Crippen LogP contribution is -2.37. The van der Waals surface area contributed by atoms with Crippen LogP contribution in [0.4, 0.5) is 4.79 Å². The number of aromatic nitrogens is 1. The van der Waals surface area contributed by atoms with Crippen molar-refractivity contribution < 1.29 is 9.32 Å². The number of amides is 2. The summed E-state index contributed by atoms with van der Waals surface area (Å²) in [6, 6.07) is -0.0491. The van der Waals surface area contributed by atoms with E-state index in [1.807, 2.05) is 6.92 Å². The molecule has 19 heavy (non-hydrogen) atoms. The smallest absolute Gasteiger partial charge is 0.317 e. The number of aryl methyl sites for hydroxylation is 1. The van der Waals surface area contributed by atoms with Gasteiger partial charge in [-0.05, 0) is 25.2 Å². The van der Waals surface area contributed by atoms with Gasteiger partial charge in [-0.2, -0.15) is 0 Å². The number of rotatable bonds is 7. The first-order valence-corrected chi connectivity index (χ1v) is 6.95. The minimum atomic E-state index is -0.0491. The number of nitrogens with one attached hydrogen (secondary N) is 1. The molecule has 0 atom stereocenters. The zero-order valence-electron chi connectivity index (χ0n) is 12.4. The Bertz CT molecular complexity index is 388. The van der Waals surface area contributed by atoms with Gasteiger partial charge in [0, 0.05) is 19.2 Å². The molecule has 0 unspecified atom stereocenters. The van der Waals surface area contributed by atoms with Crippen LogP contribution in [-0.2, 0) is 13.0 Å². The van der Waals surface area contributed by atoms with E-state index in [1.54, 1.807) is 18.2 Å². The fourth-order valence-corrected chi connectivity index (χ4v) is 1.87. The standard InChI is InChI=1S/C14H25N3O2/c1-5-13-12(10-19-16-13)9-17(4)14(18)15-8-6-7-11(2)3/h10-11H,5-9H2,1-4H3,(H,15,18). The Morgan fingerprint density at radius 1 is 1.53 bits per heavy atom. The minimum Gasteiger partial charge on any atom is -0.364 e. The van der Waals surface area contributed by atoms with Crippen LogP contribution in [0.1, 0.15) is 44.9 Å². The van der Waals surface area contributed by atoms with Crippen LogP contribution in [0, 0.1) is 5.92 Å². The molecule has 5 heteroatoms. The molecule has 108 valence electrons. The van der Waals surface area contributed by atoms with Crippen molar-refractivity contribution in [1.82, 2.24) is 15.4 Å². The van der Waals surface area contributed by atoms with Gasteiger partial charge < -0.3 is 14.7 Å². The highest BCUT2D eigenvalue weighted by atomic mass is 16.5. The number of nitrogens with zero attached hydrogens (tertiary/aromatic N) is 2. The number of carbonyl (C=O) groups is 1. The number of carbonyl (C=O) groups excluding carboxylic acids is 1. The molecule has 0 fully saturated rings. The van der Waals surface area contributed by atoms with Gasteiger partial charge in [0.15, 0.2) is 0 Å². The lowest BCUT2D eigenvalue weighted by Gasteiger charge is -2.17. The van der Waals surface area contributed by atoms with Crippen molar-refractivity contribution in [1.29, 1.82) is 0 Å². The molecule has 1 aromatic heterocycles. The zero-order chi connectivity index (χ0) is 14.3. The highest BCUT2D eigenvalue weighted by Crippen LogP contribution is 2.10. The molecule has 0 saturated heterocycles. The van der Waals surface area contributed by atoms with Crippen molar-refractivity contribution in [3.05, 3.63) is 17.5 Å². The molecule has 1 heterocycles. The third kappa shape index (κ3) is 5.32. The Hall–Kier alpha value is -1.52. The summed E-state index contributed by atoms with van der Waals surface area (Å²) in [5.41, 5.74) is 1.89. The molecule has 2 amide bonds. The van der Waals surface area contributed by atoms with Crippen molar-refractivity contribution in [2.24, 2.45) is 5.92 Å². The fraction of sp³-hybridized carbons (Fsp3) is 0.714. The summed E-state index contributed by atoms with van der Waals surface area (Å²) in [6.07, 6.45) is 4.58. The largest absolute Gasteiger partial charge is 0.364 e. The van der Waals surface area contributed by atoms with Crippen LogP contribution in [0.2, 0.25) is 0 Å². The monoisotopic (exact) mass is 267 g/mol. The normalized spacial score (nSPS) is 10.8. The molecule has 0 saturated carbocycles. The van der Waals surface area contributed by atoms with Crippen molar-refractivity contribution in [2.45, 2.75) is 46.6 Å². The topological polar surface area (TPSA) is 58.4 Å². The van der Waals surface area contributed by atoms with Crippen LogP contribution in [0.25, 0.3) is 0 Å². The van der Waals surface area contributed by atoms with Gasteiger partial charge in [-0.3, -0.25) is 0 Å². The van der Waals surface area contributed by atoms with Crippen molar-refractivity contribution in [2.75, 3.05) is 13.6 Å². The summed E-state index contributed by atoms with van der Waals surface area (Å²) in [6.45, 7) is 7.65. The third-order valence-corrected chi connectivity index (χ3v) is 3.05. The first-order chi connectivity index (χ1) is 9.04. The predicted molar refractivity (Wildman–Crippen MR) is 74.8 cm³/mol. The van der Waals surface area contributed by atoms with Crippen LogP contribution in [0.3, 0.4) is 0 Å². The summed E-state index contributed by atoms with van der Waals surface area (Å²) in [7, 11) is 1.78. The third-order valence-electron chi connectivity index (χ3n) is 3.05. The summed E-state index contributed by atoms with van der Waals surface area (Å²) in [4.78, 5) is 13.5. The van der Waals surface area contributed by atoms with Gasteiger partial charge in [0.2, 0.25) is 0 Å². The molecule has 0 radical (unpaired) electrons. The van der Waals surface area contributed by atoms with Crippen molar-refractivity contribution >= 4 is 6.03 Å². The van der Waals surface area contributed by atoms with Crippen molar-refractivity contribution in [3.63, 3.8) is 0 Å². The second-order valence-electron chi connectivity index (χ2n) is 5.26. The second-order valence-corrected chi connectivity index (χ2v) is 5.26. The fourth-order valence-electron chi connectivity index (χ4n) is 1.87. The van der Waals surface area contributed by atoms with Gasteiger partial charge in [0.25, 0.3) is 0 Å². The van der Waals surface area contributed by atoms with Gasteiger partial charge in [-0.15, -0.1) is 0 Å². The Morgan fingerprint density at radius 3 is 2.89 bits per heavy atom. The predicted octanol–water partition coefficient (Wildman–Crippen LogP) is 2.81. The molecule has 1 aromatic rings. The molecule has 0 aliphatic carbocycles. The van der Waals surface area contributed by atoms with Gasteiger partial charge in [-0.25, -0.2) is 4.79 Å². The average Bonchev–Trinajstić information content (AvgIpc) is 2.81. The van der Waals surface area contributed by atoms with Gasteiger partial charge in [-0.1, -0.05) is 25.9 Å². The lowest BCUT2D eigenvalue weighted by atomic mass is 10.1. The van der Waals surface area contributed by atoms with E-state index in [9.17, 15) is 4.79 Å². The molecule has 0 aliphatic rings. The van der Waals surface area contributed by atoms with E-state index in [2.05, 4.69) is 24.3 Å². The zero-order valence-corrected chi connectivity index (χ0v) is 12.4. The molecule has 0 aliphatic heterocycles. The summed E-state index contributed by atoms with van der Waals surface area (Å²) >= 11 is 0. The Balaban J connectivity index is 2.32. The summed E-state index contributed by atoms with van der Waals surface area (Å²) in [5.74, 6) is 0.679. The Morgan fingerprint density at radius 2 is 2.26 bits per heavy atom. The Labute approximate surface area is 115 Å². The van der Waals surface area contributed by atoms with Crippen LogP contribution >= 0.6 is 0 Å². The van der Waals surface area contributed by atoms with Crippen LogP contribution in [-0.4, -0.2) is 29.7 Å². The molecule has 5 nitrogen and oxygen atoms in total. The van der Waals surface area contributed by atoms with E-state index in [0.717, 1.165) is 37.1 Å². The first-order valence-electron chi connectivity index (χ1n) is 6.95. The first kappa shape index (κ1) is 15.5. The average molecular weight is 267 g/mol. The van der Waals surface area contributed by atoms with Crippen molar-refractivity contribution in [3.8, 4) is 0 Å². The quantitative estimate of drug-likeness (QED) is 0.773. The summed E-state index contributed by atoms with van der Waals surface area (Å²) < 4.78 is 4.93. The highest BCUT2D eigenvalue weighted by molar-refractivity contribution is 5.73.